The van der Waals surface area contributed by atoms with Crippen LogP contribution >= 0.6 is 11.6 Å². The Kier molecular flexibility index (Phi) is 6.28. The van der Waals surface area contributed by atoms with Gasteiger partial charge in [0.25, 0.3) is 5.89 Å². The summed E-state index contributed by atoms with van der Waals surface area (Å²) in [4.78, 5) is 15.0. The summed E-state index contributed by atoms with van der Waals surface area (Å²) in [5, 5.41) is 16.0. The molecule has 0 aliphatic rings. The molecule has 0 spiro atoms. The van der Waals surface area contributed by atoms with Crippen molar-refractivity contribution in [3.05, 3.63) is 53.1 Å². The van der Waals surface area contributed by atoms with E-state index in [1.54, 1.807) is 12.1 Å². The predicted octanol–water partition coefficient (Wildman–Crippen LogP) is 4.02. The molecule has 0 aliphatic heterocycles. The summed E-state index contributed by atoms with van der Waals surface area (Å²) < 4.78 is 11.0. The lowest BCUT2D eigenvalue weighted by Gasteiger charge is -2.09. The Hall–Kier alpha value is -2.90. The van der Waals surface area contributed by atoms with Crippen LogP contribution in [0.4, 0.5) is 0 Å². The number of hydrogen-bond acceptors (Lipinski definition) is 6. The number of nitrogens with zero attached hydrogens (tertiary/aromatic N) is 2. The van der Waals surface area contributed by atoms with Crippen molar-refractivity contribution in [2.75, 3.05) is 6.54 Å². The van der Waals surface area contributed by atoms with Gasteiger partial charge in [0.2, 0.25) is 5.82 Å². The van der Waals surface area contributed by atoms with E-state index in [0.717, 1.165) is 16.9 Å². The van der Waals surface area contributed by atoms with Crippen LogP contribution < -0.4 is 10.1 Å². The van der Waals surface area contributed by atoms with Crippen molar-refractivity contribution in [2.24, 2.45) is 0 Å². The van der Waals surface area contributed by atoms with Crippen molar-refractivity contribution >= 4 is 17.6 Å². The van der Waals surface area contributed by atoms with Crippen LogP contribution in [0.1, 0.15) is 19.4 Å². The average molecular weight is 402 g/mol. The smallest absolute Gasteiger partial charge is 0.317 e. The van der Waals surface area contributed by atoms with Gasteiger partial charge < -0.3 is 19.7 Å². The third-order valence-electron chi connectivity index (χ3n) is 3.78. The largest absolute Gasteiger partial charge is 0.491 e. The highest BCUT2D eigenvalue weighted by Gasteiger charge is 2.14. The van der Waals surface area contributed by atoms with Crippen molar-refractivity contribution in [3.8, 4) is 28.6 Å². The van der Waals surface area contributed by atoms with Crippen LogP contribution in [0.3, 0.4) is 0 Å². The van der Waals surface area contributed by atoms with E-state index in [0.29, 0.717) is 28.8 Å². The van der Waals surface area contributed by atoms with E-state index >= 15 is 0 Å². The molecule has 8 heteroatoms. The molecule has 0 amide bonds. The van der Waals surface area contributed by atoms with Gasteiger partial charge in [0, 0.05) is 17.7 Å². The Labute approximate surface area is 167 Å². The monoisotopic (exact) mass is 401 g/mol. The summed E-state index contributed by atoms with van der Waals surface area (Å²) in [6.07, 6.45) is 0.102. The fraction of sp³-hybridized carbons (Fsp3) is 0.250. The summed E-state index contributed by atoms with van der Waals surface area (Å²) in [5.74, 6) is 0.626. The SMILES string of the molecule is CC(C)Oc1ccc(-c2nc(-c3ccc(CNCC(=O)O)cc3Cl)no2)cc1. The standard InChI is InChI=1S/C20H20ClN3O4/c1-12(2)27-15-6-4-14(5-7-15)20-23-19(24-28-20)16-8-3-13(9-17(16)21)10-22-11-18(25)26/h3-9,12,22H,10-11H2,1-2H3,(H,25,26). The lowest BCUT2D eigenvalue weighted by molar-refractivity contribution is -0.135. The molecule has 0 aliphatic carbocycles. The van der Waals surface area contributed by atoms with Crippen molar-refractivity contribution in [1.82, 2.24) is 15.5 Å². The molecule has 0 bridgehead atoms. The predicted molar refractivity (Wildman–Crippen MR) is 105 cm³/mol. The molecule has 2 N–H and O–H groups in total. The highest BCUT2D eigenvalue weighted by Crippen LogP contribution is 2.29. The molecule has 7 nitrogen and oxygen atoms in total. The number of carbonyl (C=O) groups is 1. The molecule has 28 heavy (non-hydrogen) atoms. The topological polar surface area (TPSA) is 97.5 Å². The number of benzene rings is 2. The number of carboxylic acid groups (broad SMARTS) is 1. The first-order valence-electron chi connectivity index (χ1n) is 8.74. The normalized spacial score (nSPS) is 11.0. The van der Waals surface area contributed by atoms with Crippen molar-refractivity contribution in [3.63, 3.8) is 0 Å². The molecule has 0 fully saturated rings. The Morgan fingerprint density at radius 2 is 2.00 bits per heavy atom. The van der Waals surface area contributed by atoms with E-state index in [2.05, 4.69) is 15.5 Å². The molecule has 1 heterocycles. The van der Waals surface area contributed by atoms with Gasteiger partial charge in [-0.15, -0.1) is 0 Å². The zero-order valence-electron chi connectivity index (χ0n) is 15.5. The molecule has 146 valence electrons. The quantitative estimate of drug-likeness (QED) is 0.588. The molecule has 3 rings (SSSR count). The molecular formula is C20H20ClN3O4. The van der Waals surface area contributed by atoms with Crippen LogP contribution in [0.15, 0.2) is 47.0 Å². The minimum atomic E-state index is -0.911. The second-order valence-electron chi connectivity index (χ2n) is 6.43. The number of carboxylic acids is 1. The lowest BCUT2D eigenvalue weighted by Crippen LogP contribution is -2.21. The molecule has 0 unspecified atom stereocenters. The van der Waals surface area contributed by atoms with Gasteiger partial charge in [-0.2, -0.15) is 4.98 Å². The Balaban J connectivity index is 1.73. The first-order chi connectivity index (χ1) is 13.4. The number of aromatic nitrogens is 2. The van der Waals surface area contributed by atoms with E-state index in [-0.39, 0.29) is 12.6 Å². The number of aliphatic carboxylic acids is 1. The van der Waals surface area contributed by atoms with Crippen LogP contribution in [0.25, 0.3) is 22.8 Å². The van der Waals surface area contributed by atoms with Crippen LogP contribution in [0, 0.1) is 0 Å². The molecule has 0 radical (unpaired) electrons. The fourth-order valence-corrected chi connectivity index (χ4v) is 2.85. The third kappa shape index (κ3) is 5.09. The number of rotatable bonds is 8. The van der Waals surface area contributed by atoms with Gasteiger partial charge in [-0.05, 0) is 55.8 Å². The maximum Gasteiger partial charge on any atom is 0.317 e. The number of ether oxygens (including phenoxy) is 1. The van der Waals surface area contributed by atoms with Crippen LogP contribution in [0.5, 0.6) is 5.75 Å². The minimum Gasteiger partial charge on any atom is -0.491 e. The van der Waals surface area contributed by atoms with E-state index < -0.39 is 5.97 Å². The van der Waals surface area contributed by atoms with E-state index in [4.69, 9.17) is 26.0 Å². The second kappa shape index (κ2) is 8.86. The summed E-state index contributed by atoms with van der Waals surface area (Å²) in [6, 6.07) is 12.8. The summed E-state index contributed by atoms with van der Waals surface area (Å²) in [7, 11) is 0. The number of halogens is 1. The van der Waals surface area contributed by atoms with Gasteiger partial charge in [0.1, 0.15) is 5.75 Å². The molecule has 3 aromatic rings. The first-order valence-corrected chi connectivity index (χ1v) is 9.12. The van der Waals surface area contributed by atoms with E-state index in [9.17, 15) is 4.79 Å². The first kappa shape index (κ1) is 19.9. The third-order valence-corrected chi connectivity index (χ3v) is 4.09. The summed E-state index contributed by atoms with van der Waals surface area (Å²) >= 11 is 6.35. The van der Waals surface area contributed by atoms with Crippen molar-refractivity contribution < 1.29 is 19.2 Å². The molecule has 0 saturated carbocycles. The Morgan fingerprint density at radius 1 is 1.25 bits per heavy atom. The summed E-state index contributed by atoms with van der Waals surface area (Å²) in [5.41, 5.74) is 2.28. The highest BCUT2D eigenvalue weighted by molar-refractivity contribution is 6.33. The van der Waals surface area contributed by atoms with E-state index in [1.165, 1.54) is 0 Å². The molecule has 0 saturated heterocycles. The summed E-state index contributed by atoms with van der Waals surface area (Å²) in [6.45, 7) is 4.22. The number of hydrogen-bond donors (Lipinski definition) is 2. The number of nitrogens with one attached hydrogen (secondary N) is 1. The Bertz CT molecular complexity index is 954. The van der Waals surface area contributed by atoms with Gasteiger partial charge in [-0.3, -0.25) is 4.79 Å². The van der Waals surface area contributed by atoms with Crippen LogP contribution in [-0.2, 0) is 11.3 Å². The minimum absolute atomic E-state index is 0.102. The van der Waals surface area contributed by atoms with Gasteiger partial charge in [-0.1, -0.05) is 22.8 Å². The zero-order chi connectivity index (χ0) is 20.1. The lowest BCUT2D eigenvalue weighted by atomic mass is 10.1. The highest BCUT2D eigenvalue weighted by atomic mass is 35.5. The molecule has 1 aromatic heterocycles. The zero-order valence-corrected chi connectivity index (χ0v) is 16.2. The van der Waals surface area contributed by atoms with Gasteiger partial charge in [0.15, 0.2) is 0 Å². The van der Waals surface area contributed by atoms with Gasteiger partial charge in [-0.25, -0.2) is 0 Å². The molecule has 0 atom stereocenters. The maximum atomic E-state index is 10.6. The van der Waals surface area contributed by atoms with Crippen LogP contribution in [0.2, 0.25) is 5.02 Å². The molecule has 2 aromatic carbocycles. The average Bonchev–Trinajstić information content (AvgIpc) is 3.11. The second-order valence-corrected chi connectivity index (χ2v) is 6.83. The van der Waals surface area contributed by atoms with E-state index in [1.807, 2.05) is 44.2 Å². The van der Waals surface area contributed by atoms with Crippen molar-refractivity contribution in [2.45, 2.75) is 26.5 Å². The van der Waals surface area contributed by atoms with Gasteiger partial charge >= 0.3 is 5.97 Å². The van der Waals surface area contributed by atoms with Crippen LogP contribution in [-0.4, -0.2) is 33.9 Å². The van der Waals surface area contributed by atoms with Gasteiger partial charge in [0.05, 0.1) is 17.7 Å². The maximum absolute atomic E-state index is 10.6. The molecular weight excluding hydrogens is 382 g/mol. The van der Waals surface area contributed by atoms with Crippen molar-refractivity contribution in [1.29, 1.82) is 0 Å². The Morgan fingerprint density at radius 3 is 2.64 bits per heavy atom. The fourth-order valence-electron chi connectivity index (χ4n) is 2.56.